The third-order valence-electron chi connectivity index (χ3n) is 6.07. The minimum Gasteiger partial charge on any atom is -0.491 e. The maximum Gasteiger partial charge on any atom is 0.261 e. The van der Waals surface area contributed by atoms with Gasteiger partial charge in [0.25, 0.3) is 5.56 Å². The number of hydrogen-bond donors (Lipinski definition) is 0. The van der Waals surface area contributed by atoms with Gasteiger partial charge >= 0.3 is 0 Å². The highest BCUT2D eigenvalue weighted by Crippen LogP contribution is 2.25. The fourth-order valence-corrected chi connectivity index (χ4v) is 4.40. The van der Waals surface area contributed by atoms with Gasteiger partial charge in [-0.15, -0.1) is 0 Å². The number of nitriles is 1. The molecule has 5 nitrogen and oxygen atoms in total. The zero-order valence-electron chi connectivity index (χ0n) is 21.3. The number of rotatable bonds is 8. The van der Waals surface area contributed by atoms with Gasteiger partial charge in [-0.3, -0.25) is 9.36 Å². The van der Waals surface area contributed by atoms with Crippen molar-refractivity contribution >= 4 is 0 Å². The van der Waals surface area contributed by atoms with Gasteiger partial charge in [0.05, 0.1) is 35.5 Å². The standard InChI is InChI=1S/C31H31N3O2/c1-5-8-29-33-22(4)30(25-15-17-27(18-16-25)36-21(2)3)31(35)34(29)20-23-11-13-24(14-12-23)28-10-7-6-9-26(28)19-32/h6-7,9-18,21H,5,8,20H2,1-4H3. The first-order valence-corrected chi connectivity index (χ1v) is 12.4. The van der Waals surface area contributed by atoms with Gasteiger partial charge < -0.3 is 4.74 Å². The van der Waals surface area contributed by atoms with Gasteiger partial charge in [-0.2, -0.15) is 5.26 Å². The summed E-state index contributed by atoms with van der Waals surface area (Å²) in [5.74, 6) is 1.57. The molecule has 1 heterocycles. The first-order chi connectivity index (χ1) is 17.4. The topological polar surface area (TPSA) is 67.9 Å². The van der Waals surface area contributed by atoms with Crippen molar-refractivity contribution in [2.24, 2.45) is 0 Å². The molecule has 0 saturated carbocycles. The number of hydrogen-bond acceptors (Lipinski definition) is 4. The lowest BCUT2D eigenvalue weighted by Crippen LogP contribution is -2.28. The lowest BCUT2D eigenvalue weighted by molar-refractivity contribution is 0.242. The Bertz CT molecular complexity index is 1440. The van der Waals surface area contributed by atoms with Crippen LogP contribution in [0.3, 0.4) is 0 Å². The smallest absolute Gasteiger partial charge is 0.261 e. The van der Waals surface area contributed by atoms with Crippen molar-refractivity contribution in [1.82, 2.24) is 9.55 Å². The van der Waals surface area contributed by atoms with E-state index in [-0.39, 0.29) is 11.7 Å². The molecule has 0 atom stereocenters. The second-order valence-corrected chi connectivity index (χ2v) is 9.18. The van der Waals surface area contributed by atoms with E-state index in [0.29, 0.717) is 17.7 Å². The minimum absolute atomic E-state index is 0.0395. The molecular formula is C31H31N3O2. The monoisotopic (exact) mass is 477 g/mol. The Morgan fingerprint density at radius 3 is 2.28 bits per heavy atom. The van der Waals surface area contributed by atoms with Crippen molar-refractivity contribution < 1.29 is 4.74 Å². The summed E-state index contributed by atoms with van der Waals surface area (Å²) in [6, 6.07) is 25.5. The van der Waals surface area contributed by atoms with Crippen molar-refractivity contribution in [2.75, 3.05) is 0 Å². The van der Waals surface area contributed by atoms with Crippen LogP contribution in [-0.2, 0) is 13.0 Å². The molecule has 0 unspecified atom stereocenters. The molecule has 0 aliphatic heterocycles. The fraction of sp³-hybridized carbons (Fsp3) is 0.258. The Labute approximate surface area is 212 Å². The highest BCUT2D eigenvalue weighted by Gasteiger charge is 2.16. The molecule has 0 bridgehead atoms. The lowest BCUT2D eigenvalue weighted by Gasteiger charge is -2.17. The van der Waals surface area contributed by atoms with Gasteiger partial charge in [0.2, 0.25) is 0 Å². The Hall–Kier alpha value is -4.17. The van der Waals surface area contributed by atoms with Gasteiger partial charge in [0.1, 0.15) is 11.6 Å². The number of nitrogens with zero attached hydrogens (tertiary/aromatic N) is 3. The second-order valence-electron chi connectivity index (χ2n) is 9.18. The molecule has 0 fully saturated rings. The maximum absolute atomic E-state index is 13.8. The fourth-order valence-electron chi connectivity index (χ4n) is 4.40. The van der Waals surface area contributed by atoms with Crippen LogP contribution >= 0.6 is 0 Å². The quantitative estimate of drug-likeness (QED) is 0.289. The van der Waals surface area contributed by atoms with Crippen LogP contribution < -0.4 is 10.3 Å². The zero-order chi connectivity index (χ0) is 25.7. The molecule has 0 radical (unpaired) electrons. The van der Waals surface area contributed by atoms with Crippen LogP contribution in [0.1, 0.15) is 49.8 Å². The SMILES string of the molecule is CCCc1nc(C)c(-c2ccc(OC(C)C)cc2)c(=O)n1Cc1ccc(-c2ccccc2C#N)cc1. The molecule has 0 aliphatic carbocycles. The lowest BCUT2D eigenvalue weighted by atomic mass is 9.99. The van der Waals surface area contributed by atoms with Crippen LogP contribution in [0.25, 0.3) is 22.3 Å². The van der Waals surface area contributed by atoms with E-state index in [1.54, 1.807) is 4.57 Å². The molecule has 0 spiro atoms. The van der Waals surface area contributed by atoms with Crippen molar-refractivity contribution in [3.8, 4) is 34.1 Å². The predicted octanol–water partition coefficient (Wildman–Crippen LogP) is 6.55. The summed E-state index contributed by atoms with van der Waals surface area (Å²) in [7, 11) is 0. The van der Waals surface area contributed by atoms with Crippen LogP contribution in [0.2, 0.25) is 0 Å². The third kappa shape index (κ3) is 5.39. The van der Waals surface area contributed by atoms with Crippen LogP contribution in [0, 0.1) is 18.3 Å². The van der Waals surface area contributed by atoms with Crippen LogP contribution in [-0.4, -0.2) is 15.7 Å². The van der Waals surface area contributed by atoms with E-state index in [0.717, 1.165) is 52.4 Å². The van der Waals surface area contributed by atoms with E-state index in [9.17, 15) is 10.1 Å². The summed E-state index contributed by atoms with van der Waals surface area (Å²) in [5, 5.41) is 9.43. The molecule has 182 valence electrons. The summed E-state index contributed by atoms with van der Waals surface area (Å²) in [5.41, 5.74) is 5.67. The Morgan fingerprint density at radius 1 is 0.972 bits per heavy atom. The molecule has 4 aromatic rings. The van der Waals surface area contributed by atoms with E-state index in [1.165, 1.54) is 0 Å². The van der Waals surface area contributed by atoms with E-state index in [4.69, 9.17) is 9.72 Å². The third-order valence-corrected chi connectivity index (χ3v) is 6.07. The van der Waals surface area contributed by atoms with Crippen molar-refractivity contribution in [3.63, 3.8) is 0 Å². The summed E-state index contributed by atoms with van der Waals surface area (Å²) < 4.78 is 7.55. The van der Waals surface area contributed by atoms with Gasteiger partial charge in [-0.05, 0) is 67.6 Å². The number of aromatic nitrogens is 2. The molecule has 4 rings (SSSR count). The van der Waals surface area contributed by atoms with E-state index >= 15 is 0 Å². The molecule has 0 saturated heterocycles. The highest BCUT2D eigenvalue weighted by molar-refractivity contribution is 5.70. The zero-order valence-corrected chi connectivity index (χ0v) is 21.3. The van der Waals surface area contributed by atoms with Gasteiger partial charge in [0.15, 0.2) is 0 Å². The van der Waals surface area contributed by atoms with E-state index in [2.05, 4.69) is 13.0 Å². The normalized spacial score (nSPS) is 10.9. The van der Waals surface area contributed by atoms with Crippen LogP contribution in [0.5, 0.6) is 5.75 Å². The summed E-state index contributed by atoms with van der Waals surface area (Å²) in [6.07, 6.45) is 1.71. The summed E-state index contributed by atoms with van der Waals surface area (Å²) in [6.45, 7) is 8.40. The molecule has 36 heavy (non-hydrogen) atoms. The summed E-state index contributed by atoms with van der Waals surface area (Å²) in [4.78, 5) is 18.6. The van der Waals surface area contributed by atoms with Crippen molar-refractivity contribution in [2.45, 2.75) is 53.2 Å². The number of ether oxygens (including phenoxy) is 1. The first-order valence-electron chi connectivity index (χ1n) is 12.4. The molecule has 5 heteroatoms. The molecule has 1 aromatic heterocycles. The Morgan fingerprint density at radius 2 is 1.64 bits per heavy atom. The first kappa shape index (κ1) is 24.9. The Balaban J connectivity index is 1.70. The average Bonchev–Trinajstić information content (AvgIpc) is 2.87. The van der Waals surface area contributed by atoms with Gasteiger partial charge in [0, 0.05) is 6.42 Å². The van der Waals surface area contributed by atoms with E-state index < -0.39 is 0 Å². The molecule has 0 N–H and O–H groups in total. The number of benzene rings is 3. The second kappa shape index (κ2) is 11.0. The average molecular weight is 478 g/mol. The molecular weight excluding hydrogens is 446 g/mol. The van der Waals surface area contributed by atoms with Crippen molar-refractivity contribution in [1.29, 1.82) is 5.26 Å². The van der Waals surface area contributed by atoms with Gasteiger partial charge in [-0.25, -0.2) is 4.98 Å². The summed E-state index contributed by atoms with van der Waals surface area (Å²) >= 11 is 0. The van der Waals surface area contributed by atoms with Crippen molar-refractivity contribution in [3.05, 3.63) is 106 Å². The van der Waals surface area contributed by atoms with Crippen LogP contribution in [0.4, 0.5) is 0 Å². The largest absolute Gasteiger partial charge is 0.491 e. The molecule has 3 aromatic carbocycles. The van der Waals surface area contributed by atoms with Gasteiger partial charge in [-0.1, -0.05) is 61.5 Å². The predicted molar refractivity (Wildman–Crippen MR) is 144 cm³/mol. The van der Waals surface area contributed by atoms with E-state index in [1.807, 2.05) is 93.6 Å². The molecule has 0 amide bonds. The minimum atomic E-state index is -0.0395. The Kier molecular flexibility index (Phi) is 7.65. The number of aryl methyl sites for hydroxylation is 2. The highest BCUT2D eigenvalue weighted by atomic mass is 16.5. The maximum atomic E-state index is 13.8. The molecule has 0 aliphatic rings. The van der Waals surface area contributed by atoms with Crippen LogP contribution in [0.15, 0.2) is 77.6 Å².